The number of hydrogen-bond acceptors (Lipinski definition) is 2. The Kier molecular flexibility index (Phi) is 3.97. The SMILES string of the molecule is O=C(CCNC1CCC1)c1cccc(Cl)c1. The van der Waals surface area contributed by atoms with Crippen molar-refractivity contribution in [3.05, 3.63) is 34.9 Å². The van der Waals surface area contributed by atoms with E-state index < -0.39 is 0 Å². The van der Waals surface area contributed by atoms with E-state index in [9.17, 15) is 4.79 Å². The van der Waals surface area contributed by atoms with E-state index in [1.807, 2.05) is 12.1 Å². The molecule has 2 nitrogen and oxygen atoms in total. The van der Waals surface area contributed by atoms with Gasteiger partial charge in [0.2, 0.25) is 0 Å². The molecule has 1 N–H and O–H groups in total. The average Bonchev–Trinajstić information content (AvgIpc) is 2.21. The van der Waals surface area contributed by atoms with Crippen molar-refractivity contribution >= 4 is 17.4 Å². The van der Waals surface area contributed by atoms with E-state index in [0.29, 0.717) is 23.0 Å². The van der Waals surface area contributed by atoms with Crippen LogP contribution in [0.15, 0.2) is 24.3 Å². The molecule has 0 spiro atoms. The first-order chi connectivity index (χ1) is 7.75. The summed E-state index contributed by atoms with van der Waals surface area (Å²) in [5, 5.41) is 4.00. The van der Waals surface area contributed by atoms with Gasteiger partial charge < -0.3 is 5.32 Å². The predicted octanol–water partition coefficient (Wildman–Crippen LogP) is 3.05. The minimum Gasteiger partial charge on any atom is -0.314 e. The molecule has 0 bridgehead atoms. The Morgan fingerprint density at radius 3 is 2.88 bits per heavy atom. The van der Waals surface area contributed by atoms with Crippen molar-refractivity contribution in [2.24, 2.45) is 0 Å². The molecule has 0 atom stereocenters. The van der Waals surface area contributed by atoms with E-state index in [2.05, 4.69) is 5.32 Å². The van der Waals surface area contributed by atoms with Gasteiger partial charge >= 0.3 is 0 Å². The highest BCUT2D eigenvalue weighted by Gasteiger charge is 2.16. The summed E-state index contributed by atoms with van der Waals surface area (Å²) in [6.07, 6.45) is 4.38. The van der Waals surface area contributed by atoms with Crippen LogP contribution in [0.2, 0.25) is 5.02 Å². The van der Waals surface area contributed by atoms with Gasteiger partial charge in [-0.25, -0.2) is 0 Å². The number of carbonyl (C=O) groups is 1. The second-order valence-corrected chi connectivity index (χ2v) is 4.70. The molecule has 1 aliphatic carbocycles. The fraction of sp³-hybridized carbons (Fsp3) is 0.462. The molecule has 0 radical (unpaired) electrons. The predicted molar refractivity (Wildman–Crippen MR) is 66.0 cm³/mol. The molecule has 0 unspecified atom stereocenters. The number of benzene rings is 1. The fourth-order valence-electron chi connectivity index (χ4n) is 1.81. The van der Waals surface area contributed by atoms with Gasteiger partial charge in [-0.15, -0.1) is 0 Å². The summed E-state index contributed by atoms with van der Waals surface area (Å²) in [7, 11) is 0. The zero-order chi connectivity index (χ0) is 11.4. The Bertz CT molecular complexity index is 374. The van der Waals surface area contributed by atoms with E-state index in [1.54, 1.807) is 12.1 Å². The van der Waals surface area contributed by atoms with Crippen LogP contribution in [0.3, 0.4) is 0 Å². The maximum atomic E-state index is 11.8. The van der Waals surface area contributed by atoms with Crippen molar-refractivity contribution in [1.82, 2.24) is 5.32 Å². The number of halogens is 1. The highest BCUT2D eigenvalue weighted by molar-refractivity contribution is 6.31. The monoisotopic (exact) mass is 237 g/mol. The molecule has 0 saturated heterocycles. The Labute approximate surface area is 101 Å². The molecule has 0 aromatic heterocycles. The number of rotatable bonds is 5. The lowest BCUT2D eigenvalue weighted by atomic mass is 9.93. The van der Waals surface area contributed by atoms with Crippen LogP contribution in [0, 0.1) is 0 Å². The highest BCUT2D eigenvalue weighted by atomic mass is 35.5. The number of Topliss-reactive ketones (excluding diaryl/α,β-unsaturated/α-hetero) is 1. The molecule has 2 rings (SSSR count). The van der Waals surface area contributed by atoms with Crippen LogP contribution in [0.4, 0.5) is 0 Å². The maximum absolute atomic E-state index is 11.8. The summed E-state index contributed by atoms with van der Waals surface area (Å²) in [5.74, 6) is 0.161. The molecule has 1 saturated carbocycles. The van der Waals surface area contributed by atoms with Crippen LogP contribution in [0.25, 0.3) is 0 Å². The van der Waals surface area contributed by atoms with Crippen molar-refractivity contribution < 1.29 is 4.79 Å². The molecule has 1 aromatic carbocycles. The van der Waals surface area contributed by atoms with Crippen molar-refractivity contribution in [2.45, 2.75) is 31.7 Å². The topological polar surface area (TPSA) is 29.1 Å². The molecule has 0 amide bonds. The lowest BCUT2D eigenvalue weighted by Gasteiger charge is -2.26. The van der Waals surface area contributed by atoms with Crippen molar-refractivity contribution in [2.75, 3.05) is 6.54 Å². The lowest BCUT2D eigenvalue weighted by Crippen LogP contribution is -2.36. The summed E-state index contributed by atoms with van der Waals surface area (Å²) in [6, 6.07) is 7.79. The lowest BCUT2D eigenvalue weighted by molar-refractivity contribution is 0.0980. The van der Waals surface area contributed by atoms with Crippen LogP contribution in [0.5, 0.6) is 0 Å². The zero-order valence-corrected chi connectivity index (χ0v) is 9.96. The third-order valence-corrected chi connectivity index (χ3v) is 3.27. The largest absolute Gasteiger partial charge is 0.314 e. The maximum Gasteiger partial charge on any atom is 0.164 e. The third-order valence-electron chi connectivity index (χ3n) is 3.04. The van der Waals surface area contributed by atoms with Gasteiger partial charge in [0.05, 0.1) is 0 Å². The van der Waals surface area contributed by atoms with Gasteiger partial charge in [-0.3, -0.25) is 4.79 Å². The van der Waals surface area contributed by atoms with Crippen LogP contribution in [0.1, 0.15) is 36.0 Å². The van der Waals surface area contributed by atoms with Gasteiger partial charge in [-0.2, -0.15) is 0 Å². The molecule has 0 heterocycles. The van der Waals surface area contributed by atoms with Crippen molar-refractivity contribution in [3.8, 4) is 0 Å². The van der Waals surface area contributed by atoms with Gasteiger partial charge in [0.1, 0.15) is 0 Å². The molecular formula is C13H16ClNO. The first-order valence-corrected chi connectivity index (χ1v) is 6.15. The van der Waals surface area contributed by atoms with Crippen LogP contribution < -0.4 is 5.32 Å². The highest BCUT2D eigenvalue weighted by Crippen LogP contribution is 2.18. The van der Waals surface area contributed by atoms with Gasteiger partial charge in [-0.05, 0) is 25.0 Å². The molecule has 1 fully saturated rings. The summed E-state index contributed by atoms with van der Waals surface area (Å²) >= 11 is 5.84. The summed E-state index contributed by atoms with van der Waals surface area (Å²) < 4.78 is 0. The second-order valence-electron chi connectivity index (χ2n) is 4.27. The molecule has 1 aromatic rings. The standard InChI is InChI=1S/C13H16ClNO/c14-11-4-1-3-10(9-11)13(16)7-8-15-12-5-2-6-12/h1,3-4,9,12,15H,2,5-8H2. The van der Waals surface area contributed by atoms with E-state index in [4.69, 9.17) is 11.6 Å². The Balaban J connectivity index is 1.78. The number of hydrogen-bond donors (Lipinski definition) is 1. The molecular weight excluding hydrogens is 222 g/mol. The van der Waals surface area contributed by atoms with Crippen molar-refractivity contribution in [1.29, 1.82) is 0 Å². The summed E-state index contributed by atoms with van der Waals surface area (Å²) in [5.41, 5.74) is 0.711. The van der Waals surface area contributed by atoms with Gasteiger partial charge in [0.25, 0.3) is 0 Å². The minimum atomic E-state index is 0.161. The average molecular weight is 238 g/mol. The van der Waals surface area contributed by atoms with Gasteiger partial charge in [0.15, 0.2) is 5.78 Å². The van der Waals surface area contributed by atoms with Crippen LogP contribution in [-0.2, 0) is 0 Å². The quantitative estimate of drug-likeness (QED) is 0.798. The van der Waals surface area contributed by atoms with E-state index in [-0.39, 0.29) is 5.78 Å². The normalized spacial score (nSPS) is 15.8. The fourth-order valence-corrected chi connectivity index (χ4v) is 2.00. The number of ketones is 1. The molecule has 0 aliphatic heterocycles. The molecule has 86 valence electrons. The summed E-state index contributed by atoms with van der Waals surface area (Å²) in [4.78, 5) is 11.8. The van der Waals surface area contributed by atoms with E-state index >= 15 is 0 Å². The van der Waals surface area contributed by atoms with Gasteiger partial charge in [-0.1, -0.05) is 30.2 Å². The molecule has 1 aliphatic rings. The van der Waals surface area contributed by atoms with E-state index in [1.165, 1.54) is 19.3 Å². The smallest absolute Gasteiger partial charge is 0.164 e. The second kappa shape index (κ2) is 5.46. The minimum absolute atomic E-state index is 0.161. The molecule has 16 heavy (non-hydrogen) atoms. The number of nitrogens with one attached hydrogen (secondary N) is 1. The first kappa shape index (κ1) is 11.6. The Morgan fingerprint density at radius 1 is 1.44 bits per heavy atom. The van der Waals surface area contributed by atoms with Crippen molar-refractivity contribution in [3.63, 3.8) is 0 Å². The number of carbonyl (C=O) groups excluding carboxylic acids is 1. The third kappa shape index (κ3) is 3.06. The van der Waals surface area contributed by atoms with Crippen LogP contribution in [-0.4, -0.2) is 18.4 Å². The Hall–Kier alpha value is -0.860. The Morgan fingerprint density at radius 2 is 2.25 bits per heavy atom. The zero-order valence-electron chi connectivity index (χ0n) is 9.21. The van der Waals surface area contributed by atoms with Gasteiger partial charge in [0, 0.05) is 29.6 Å². The van der Waals surface area contributed by atoms with Crippen LogP contribution >= 0.6 is 11.6 Å². The van der Waals surface area contributed by atoms with E-state index in [0.717, 1.165) is 6.54 Å². The molecule has 3 heteroatoms. The first-order valence-electron chi connectivity index (χ1n) is 5.78. The summed E-state index contributed by atoms with van der Waals surface area (Å²) in [6.45, 7) is 0.774.